The molecule has 1 N–H and O–H groups in total. The molecule has 5 rings (SSSR count). The molecule has 0 spiro atoms. The first kappa shape index (κ1) is 26.7. The molecule has 1 amide bonds. The Bertz CT molecular complexity index is 1380. The average Bonchev–Trinajstić information content (AvgIpc) is 3.28. The van der Waals surface area contributed by atoms with Crippen molar-refractivity contribution in [3.05, 3.63) is 112 Å². The van der Waals surface area contributed by atoms with Gasteiger partial charge in [0.1, 0.15) is 31.1 Å². The van der Waals surface area contributed by atoms with Gasteiger partial charge in [-0.2, -0.15) is 0 Å². The Morgan fingerprint density at radius 1 is 1.08 bits per heavy atom. The molecule has 39 heavy (non-hydrogen) atoms. The number of carbonyl (C=O) groups excluding carboxylic acids is 1. The van der Waals surface area contributed by atoms with Crippen LogP contribution < -0.4 is 10.1 Å². The van der Waals surface area contributed by atoms with Gasteiger partial charge < -0.3 is 20.0 Å². The summed E-state index contributed by atoms with van der Waals surface area (Å²) in [5.41, 5.74) is 5.16. The number of hydrogen-bond acceptors (Lipinski definition) is 5. The Hall–Kier alpha value is -3.94. The predicted molar refractivity (Wildman–Crippen MR) is 153 cm³/mol. The van der Waals surface area contributed by atoms with Crippen LogP contribution in [0.4, 0.5) is 0 Å². The van der Waals surface area contributed by atoms with Crippen molar-refractivity contribution >= 4 is 17.2 Å². The third kappa shape index (κ3) is 6.05. The van der Waals surface area contributed by atoms with Crippen molar-refractivity contribution in [2.75, 3.05) is 33.4 Å². The van der Waals surface area contributed by atoms with Crippen LogP contribution >= 0.6 is 0 Å². The second-order valence-electron chi connectivity index (χ2n) is 10.3. The number of benzene rings is 3. The van der Waals surface area contributed by atoms with Crippen molar-refractivity contribution in [2.24, 2.45) is 0 Å². The average molecular weight is 526 g/mol. The zero-order valence-corrected chi connectivity index (χ0v) is 22.7. The van der Waals surface area contributed by atoms with Crippen LogP contribution in [0.5, 0.6) is 5.75 Å². The van der Waals surface area contributed by atoms with Gasteiger partial charge in [0.25, 0.3) is 5.91 Å². The first-order valence-electron chi connectivity index (χ1n) is 13.4. The van der Waals surface area contributed by atoms with E-state index in [0.717, 1.165) is 41.1 Å². The fourth-order valence-electron chi connectivity index (χ4n) is 5.26. The first-order chi connectivity index (χ1) is 18.9. The number of rotatable bonds is 8. The lowest BCUT2D eigenvalue weighted by molar-refractivity contribution is -0.421. The molecule has 3 aromatic rings. The third-order valence-corrected chi connectivity index (χ3v) is 6.93. The van der Waals surface area contributed by atoms with Crippen LogP contribution in [0.1, 0.15) is 36.1 Å². The normalized spacial score (nSPS) is 18.7. The highest BCUT2D eigenvalue weighted by molar-refractivity contribution is 6.36. The number of nitrogens with one attached hydrogen (secondary N) is 1. The third-order valence-electron chi connectivity index (χ3n) is 6.93. The van der Waals surface area contributed by atoms with Crippen LogP contribution in [-0.4, -0.2) is 66.8 Å². The molecule has 2 aliphatic rings. The highest BCUT2D eigenvalue weighted by Crippen LogP contribution is 2.39. The molecule has 1 saturated heterocycles. The van der Waals surface area contributed by atoms with Crippen LogP contribution in [0.25, 0.3) is 5.57 Å². The summed E-state index contributed by atoms with van der Waals surface area (Å²) in [5, 5.41) is 15.9. The van der Waals surface area contributed by atoms with Gasteiger partial charge >= 0.3 is 0 Å². The van der Waals surface area contributed by atoms with Crippen molar-refractivity contribution in [3.63, 3.8) is 0 Å². The Labute approximate surface area is 230 Å². The maximum absolute atomic E-state index is 13.4. The molecule has 7 heteroatoms. The minimum atomic E-state index is -0.269. The fraction of sp³-hybridized carbons (Fsp3) is 0.312. The van der Waals surface area contributed by atoms with Gasteiger partial charge in [-0.25, -0.2) is 4.74 Å². The zero-order valence-electron chi connectivity index (χ0n) is 22.7. The molecule has 202 valence electrons. The molecule has 1 atom stereocenters. The molecule has 0 saturated carbocycles. The maximum atomic E-state index is 13.4. The summed E-state index contributed by atoms with van der Waals surface area (Å²) in [6.07, 6.45) is -0.0632. The highest BCUT2D eigenvalue weighted by atomic mass is 16.5. The minimum Gasteiger partial charge on any atom is -0.624 e. The maximum Gasteiger partial charge on any atom is 0.258 e. The predicted octanol–water partition coefficient (Wildman–Crippen LogP) is 4.24. The van der Waals surface area contributed by atoms with Gasteiger partial charge in [-0.15, -0.1) is 0 Å². The molecular formula is C32H35N3O4. The van der Waals surface area contributed by atoms with Gasteiger partial charge in [0.05, 0.1) is 12.2 Å². The van der Waals surface area contributed by atoms with Crippen molar-refractivity contribution < 1.29 is 19.0 Å². The Morgan fingerprint density at radius 3 is 2.49 bits per heavy atom. The zero-order chi connectivity index (χ0) is 27.4. The van der Waals surface area contributed by atoms with Crippen molar-refractivity contribution in [3.8, 4) is 5.75 Å². The monoisotopic (exact) mass is 525 g/mol. The Kier molecular flexibility index (Phi) is 8.10. The number of ether oxygens (including phenoxy) is 2. The molecule has 7 nitrogen and oxygen atoms in total. The van der Waals surface area contributed by atoms with Crippen LogP contribution in [-0.2, 0) is 16.1 Å². The van der Waals surface area contributed by atoms with Crippen LogP contribution in [0.2, 0.25) is 0 Å². The molecule has 0 bridgehead atoms. The van der Waals surface area contributed by atoms with Crippen molar-refractivity contribution in [1.82, 2.24) is 10.2 Å². The smallest absolute Gasteiger partial charge is 0.258 e. The summed E-state index contributed by atoms with van der Waals surface area (Å²) >= 11 is 0. The van der Waals surface area contributed by atoms with E-state index in [0.29, 0.717) is 35.8 Å². The summed E-state index contributed by atoms with van der Waals surface area (Å²) in [7, 11) is 1.43. The summed E-state index contributed by atoms with van der Waals surface area (Å²) < 4.78 is 13.0. The quantitative estimate of drug-likeness (QED) is 0.271. The highest BCUT2D eigenvalue weighted by Gasteiger charge is 2.38. The van der Waals surface area contributed by atoms with Crippen molar-refractivity contribution in [1.29, 1.82) is 0 Å². The minimum absolute atomic E-state index is 0.0632. The summed E-state index contributed by atoms with van der Waals surface area (Å²) in [5.74, 6) is 0.365. The van der Waals surface area contributed by atoms with Crippen molar-refractivity contribution in [2.45, 2.75) is 32.5 Å². The van der Waals surface area contributed by atoms with E-state index in [1.807, 2.05) is 68.4 Å². The lowest BCUT2D eigenvalue weighted by Gasteiger charge is -2.32. The number of hydroxylamine groups is 1. The topological polar surface area (TPSA) is 76.9 Å². The second kappa shape index (κ2) is 11.8. The van der Waals surface area contributed by atoms with E-state index < -0.39 is 0 Å². The molecule has 1 aliphatic carbocycles. The van der Waals surface area contributed by atoms with E-state index >= 15 is 0 Å². The van der Waals surface area contributed by atoms with Crippen LogP contribution in [0.3, 0.4) is 0 Å². The van der Waals surface area contributed by atoms with Gasteiger partial charge in [-0.3, -0.25) is 9.69 Å². The lowest BCUT2D eigenvalue weighted by Crippen LogP contribution is -2.44. The Balaban J connectivity index is 1.38. The molecule has 0 radical (unpaired) electrons. The number of morpholine rings is 1. The van der Waals surface area contributed by atoms with E-state index in [4.69, 9.17) is 9.47 Å². The summed E-state index contributed by atoms with van der Waals surface area (Å²) in [6, 6.07) is 25.8. The standard InChI is InChI=1S/C32H35N3O4/c1-22(2)33-32(36)30-29(24-12-8-5-9-13-24)27-15-14-25(18-28(27)31(30)34(3)37)39-21-26-20-35(16-17-38-26)19-23-10-6-4-7-11-23/h4-15,18,22,26H,16-17,19-21H2,1-3H3,(H,33,36)/b34-31+. The molecule has 1 fully saturated rings. The van der Waals surface area contributed by atoms with Gasteiger partial charge in [-0.1, -0.05) is 60.7 Å². The Morgan fingerprint density at radius 2 is 1.79 bits per heavy atom. The summed E-state index contributed by atoms with van der Waals surface area (Å²) in [4.78, 5) is 15.8. The van der Waals surface area contributed by atoms with E-state index in [1.165, 1.54) is 12.6 Å². The van der Waals surface area contributed by atoms with E-state index in [-0.39, 0.29) is 18.1 Å². The van der Waals surface area contributed by atoms with Crippen LogP contribution in [0.15, 0.2) is 84.4 Å². The molecular weight excluding hydrogens is 490 g/mol. The SMILES string of the molecule is CC(C)NC(=O)C1=C(c2ccccc2)c2ccc(OCC3CN(Cc4ccccc4)CCO3)cc2/C1=[N+](/C)[O-]. The van der Waals surface area contributed by atoms with Crippen LogP contribution in [0, 0.1) is 5.21 Å². The van der Waals surface area contributed by atoms with Gasteiger partial charge in [0.15, 0.2) is 0 Å². The molecule has 1 aliphatic heterocycles. The van der Waals surface area contributed by atoms with E-state index in [1.54, 1.807) is 0 Å². The van der Waals surface area contributed by atoms with Gasteiger partial charge in [0.2, 0.25) is 5.71 Å². The first-order valence-corrected chi connectivity index (χ1v) is 13.4. The second-order valence-corrected chi connectivity index (χ2v) is 10.3. The van der Waals surface area contributed by atoms with E-state index in [2.05, 4.69) is 34.5 Å². The number of carbonyl (C=O) groups is 1. The number of amides is 1. The largest absolute Gasteiger partial charge is 0.624 e. The molecule has 0 aromatic heterocycles. The molecule has 1 heterocycles. The molecule has 3 aromatic carbocycles. The van der Waals surface area contributed by atoms with Gasteiger partial charge in [0, 0.05) is 31.2 Å². The molecule has 1 unspecified atom stereocenters. The number of hydrogen-bond donors (Lipinski definition) is 1. The number of fused-ring (bicyclic) bond motifs is 1. The number of nitrogens with zero attached hydrogens (tertiary/aromatic N) is 2. The fourth-order valence-corrected chi connectivity index (χ4v) is 5.26. The van der Waals surface area contributed by atoms with Gasteiger partial charge in [-0.05, 0) is 48.7 Å². The lowest BCUT2D eigenvalue weighted by atomic mass is 9.97. The van der Waals surface area contributed by atoms with E-state index in [9.17, 15) is 10.0 Å². The summed E-state index contributed by atoms with van der Waals surface area (Å²) in [6.45, 7) is 7.40.